The molecule has 1 N–H and O–H groups in total. The molecule has 0 unspecified atom stereocenters. The summed E-state index contributed by atoms with van der Waals surface area (Å²) in [6, 6.07) is 0. The lowest BCUT2D eigenvalue weighted by Gasteiger charge is -2.15. The van der Waals surface area contributed by atoms with Crippen LogP contribution >= 0.6 is 46.6 Å². The Labute approximate surface area is 106 Å². The topological polar surface area (TPSA) is 55.2 Å². The van der Waals surface area contributed by atoms with Crippen LogP contribution in [0.4, 0.5) is 0 Å². The van der Waals surface area contributed by atoms with Gasteiger partial charge in [-0.1, -0.05) is 34.8 Å². The lowest BCUT2D eigenvalue weighted by Crippen LogP contribution is -2.22. The number of hydrogen-bond donors (Lipinski definition) is 1. The minimum absolute atomic E-state index is 0.236. The maximum atomic E-state index is 10.8. The minimum Gasteiger partial charge on any atom is -0.374 e. The van der Waals surface area contributed by atoms with Crippen molar-refractivity contribution in [3.8, 4) is 0 Å². The molecular weight excluding hydrogens is 283 g/mol. The van der Waals surface area contributed by atoms with Crippen LogP contribution in [0.1, 0.15) is 6.42 Å². The van der Waals surface area contributed by atoms with E-state index in [1.165, 1.54) is 11.8 Å². The van der Waals surface area contributed by atoms with E-state index in [0.29, 0.717) is 11.6 Å². The van der Waals surface area contributed by atoms with E-state index in [9.17, 15) is 10.1 Å². The van der Waals surface area contributed by atoms with Crippen LogP contribution in [0.2, 0.25) is 0 Å². The summed E-state index contributed by atoms with van der Waals surface area (Å²) in [5.74, 6) is 0.809. The molecule has 1 aliphatic heterocycles. The molecule has 1 heterocycles. The molecule has 0 aromatic carbocycles. The summed E-state index contributed by atoms with van der Waals surface area (Å²) in [6.45, 7) is 0.684. The van der Waals surface area contributed by atoms with Gasteiger partial charge in [0.25, 0.3) is 0 Å². The van der Waals surface area contributed by atoms with Crippen LogP contribution in [0.5, 0.6) is 0 Å². The summed E-state index contributed by atoms with van der Waals surface area (Å²) in [5, 5.41) is 13.9. The molecular formula is C7H7Cl3N2O2S. The highest BCUT2D eigenvalue weighted by molar-refractivity contribution is 8.03. The van der Waals surface area contributed by atoms with Crippen LogP contribution in [-0.2, 0) is 0 Å². The van der Waals surface area contributed by atoms with Gasteiger partial charge in [0.15, 0.2) is 5.03 Å². The fourth-order valence-corrected chi connectivity index (χ4v) is 2.41. The predicted molar refractivity (Wildman–Crippen MR) is 63.7 cm³/mol. The number of nitro groups is 1. The number of hydrogen-bond acceptors (Lipinski definition) is 4. The van der Waals surface area contributed by atoms with Crippen molar-refractivity contribution in [1.29, 1.82) is 0 Å². The van der Waals surface area contributed by atoms with Crippen molar-refractivity contribution >= 4 is 46.6 Å². The molecule has 0 atom stereocenters. The van der Waals surface area contributed by atoms with Gasteiger partial charge in [-0.25, -0.2) is 0 Å². The van der Waals surface area contributed by atoms with Gasteiger partial charge in [-0.15, -0.1) is 11.8 Å². The Hall–Kier alpha value is -0.100. The Bertz CT molecular complexity index is 331. The first kappa shape index (κ1) is 13.0. The van der Waals surface area contributed by atoms with Gasteiger partial charge in [-0.2, -0.15) is 0 Å². The second kappa shape index (κ2) is 5.84. The van der Waals surface area contributed by atoms with Crippen molar-refractivity contribution in [2.75, 3.05) is 12.3 Å². The molecule has 0 spiro atoms. The van der Waals surface area contributed by atoms with Crippen LogP contribution in [0.25, 0.3) is 0 Å². The van der Waals surface area contributed by atoms with Crippen LogP contribution in [0.15, 0.2) is 20.2 Å². The van der Waals surface area contributed by atoms with E-state index in [0.717, 1.165) is 12.2 Å². The molecule has 84 valence electrons. The van der Waals surface area contributed by atoms with Crippen molar-refractivity contribution in [1.82, 2.24) is 5.32 Å². The van der Waals surface area contributed by atoms with E-state index in [2.05, 4.69) is 5.32 Å². The molecule has 1 fully saturated rings. The quantitative estimate of drug-likeness (QED) is 0.627. The van der Waals surface area contributed by atoms with Crippen LogP contribution in [0.3, 0.4) is 0 Å². The van der Waals surface area contributed by atoms with Crippen LogP contribution in [-0.4, -0.2) is 17.2 Å². The van der Waals surface area contributed by atoms with E-state index >= 15 is 0 Å². The average molecular weight is 290 g/mol. The summed E-state index contributed by atoms with van der Waals surface area (Å²) in [5.41, 5.74) is -0.263. The standard InChI is InChI=1S/C7H7Cl3N2O2S/c8-4(6(9)10)5(12(13)14)7-11-2-1-3-15-7/h11H,1-3H2. The highest BCUT2D eigenvalue weighted by Gasteiger charge is 2.26. The fraction of sp³-hybridized carbons (Fsp3) is 0.429. The molecule has 0 aliphatic carbocycles. The summed E-state index contributed by atoms with van der Waals surface area (Å²) < 4.78 is -0.302. The first-order chi connectivity index (χ1) is 7.04. The molecule has 1 saturated heterocycles. The second-order valence-corrected chi connectivity index (χ2v) is 5.07. The third-order valence-electron chi connectivity index (χ3n) is 1.62. The van der Waals surface area contributed by atoms with Crippen molar-refractivity contribution in [2.24, 2.45) is 0 Å². The van der Waals surface area contributed by atoms with Gasteiger partial charge in [0, 0.05) is 12.3 Å². The maximum absolute atomic E-state index is 10.8. The van der Waals surface area contributed by atoms with Gasteiger partial charge in [0.1, 0.15) is 9.52 Å². The van der Waals surface area contributed by atoms with E-state index in [1.807, 2.05) is 0 Å². The van der Waals surface area contributed by atoms with E-state index in [4.69, 9.17) is 34.8 Å². The Morgan fingerprint density at radius 2 is 2.13 bits per heavy atom. The van der Waals surface area contributed by atoms with Gasteiger partial charge in [0.2, 0.25) is 0 Å². The highest BCUT2D eigenvalue weighted by atomic mass is 35.5. The van der Waals surface area contributed by atoms with Gasteiger partial charge in [-0.05, 0) is 6.42 Å². The minimum atomic E-state index is -0.590. The van der Waals surface area contributed by atoms with Gasteiger partial charge in [0.05, 0.1) is 4.92 Å². The third kappa shape index (κ3) is 3.45. The zero-order valence-corrected chi connectivity index (χ0v) is 10.5. The first-order valence-electron chi connectivity index (χ1n) is 4.00. The first-order valence-corrected chi connectivity index (χ1v) is 6.12. The molecule has 4 nitrogen and oxygen atoms in total. The number of nitrogens with one attached hydrogen (secondary N) is 1. The molecule has 0 aromatic rings. The smallest absolute Gasteiger partial charge is 0.319 e. The predicted octanol–water partition coefficient (Wildman–Crippen LogP) is 3.04. The number of nitrogens with zero attached hydrogens (tertiary/aromatic N) is 1. The van der Waals surface area contributed by atoms with Crippen LogP contribution in [0, 0.1) is 10.1 Å². The zero-order chi connectivity index (χ0) is 11.4. The van der Waals surface area contributed by atoms with Gasteiger partial charge < -0.3 is 5.32 Å². The van der Waals surface area contributed by atoms with Gasteiger partial charge in [-0.3, -0.25) is 10.1 Å². The fourth-order valence-electron chi connectivity index (χ4n) is 1.00. The Morgan fingerprint density at radius 1 is 1.47 bits per heavy atom. The van der Waals surface area contributed by atoms with E-state index < -0.39 is 4.92 Å². The monoisotopic (exact) mass is 288 g/mol. The third-order valence-corrected chi connectivity index (χ3v) is 3.68. The normalized spacial score (nSPS) is 19.1. The Kier molecular flexibility index (Phi) is 5.05. The molecule has 8 heteroatoms. The number of thioether (sulfide) groups is 1. The second-order valence-electron chi connectivity index (χ2n) is 2.64. The molecule has 15 heavy (non-hydrogen) atoms. The number of halogens is 3. The molecule has 0 aromatic heterocycles. The molecule has 0 bridgehead atoms. The molecule has 0 saturated carbocycles. The Balaban J connectivity index is 3.11. The summed E-state index contributed by atoms with van der Waals surface area (Å²) in [6.07, 6.45) is 0.953. The molecule has 1 aliphatic rings. The molecule has 0 amide bonds. The van der Waals surface area contributed by atoms with Crippen molar-refractivity contribution in [2.45, 2.75) is 6.42 Å². The maximum Gasteiger partial charge on any atom is 0.319 e. The zero-order valence-electron chi connectivity index (χ0n) is 7.43. The SMILES string of the molecule is O=[N+]([O-])C(=C1NCCCS1)C(Cl)=C(Cl)Cl. The average Bonchev–Trinajstić information content (AvgIpc) is 2.18. The van der Waals surface area contributed by atoms with E-state index in [-0.39, 0.29) is 15.2 Å². The summed E-state index contributed by atoms with van der Waals surface area (Å²) in [7, 11) is 0. The molecule has 1 rings (SSSR count). The summed E-state index contributed by atoms with van der Waals surface area (Å²) >= 11 is 17.9. The number of rotatable bonds is 2. The van der Waals surface area contributed by atoms with E-state index in [1.54, 1.807) is 0 Å². The largest absolute Gasteiger partial charge is 0.374 e. The Morgan fingerprint density at radius 3 is 2.53 bits per heavy atom. The molecule has 0 radical (unpaired) electrons. The highest BCUT2D eigenvalue weighted by Crippen LogP contribution is 2.32. The number of allylic oxidation sites excluding steroid dienone is 1. The lowest BCUT2D eigenvalue weighted by atomic mass is 10.4. The lowest BCUT2D eigenvalue weighted by molar-refractivity contribution is -0.420. The van der Waals surface area contributed by atoms with Gasteiger partial charge >= 0.3 is 5.70 Å². The van der Waals surface area contributed by atoms with Crippen molar-refractivity contribution in [3.63, 3.8) is 0 Å². The summed E-state index contributed by atoms with van der Waals surface area (Å²) in [4.78, 5) is 10.2. The van der Waals surface area contributed by atoms with Crippen LogP contribution < -0.4 is 5.32 Å². The van der Waals surface area contributed by atoms with Crippen molar-refractivity contribution < 1.29 is 4.92 Å². The van der Waals surface area contributed by atoms with Crippen molar-refractivity contribution in [3.05, 3.63) is 30.4 Å².